The lowest BCUT2D eigenvalue weighted by atomic mass is 10.1. The molecule has 0 spiro atoms. The predicted molar refractivity (Wildman–Crippen MR) is 35.4 cm³/mol. The topological polar surface area (TPSA) is 69.2 Å². The molecular formula is C7H10NO3-. The van der Waals surface area contributed by atoms with Crippen molar-refractivity contribution in [2.75, 3.05) is 0 Å². The largest absolute Gasteiger partial charge is 0.550 e. The average Bonchev–Trinajstić information content (AvgIpc) is 2.31. The summed E-state index contributed by atoms with van der Waals surface area (Å²) in [5.74, 6) is -1.03. The van der Waals surface area contributed by atoms with E-state index in [-0.39, 0.29) is 18.4 Å². The molecule has 1 aliphatic heterocycles. The van der Waals surface area contributed by atoms with Crippen LogP contribution in [0.3, 0.4) is 0 Å². The van der Waals surface area contributed by atoms with Crippen LogP contribution in [0.1, 0.15) is 25.7 Å². The van der Waals surface area contributed by atoms with E-state index in [1.54, 1.807) is 0 Å². The van der Waals surface area contributed by atoms with Gasteiger partial charge in [0.15, 0.2) is 0 Å². The number of hydrogen-bond acceptors (Lipinski definition) is 3. The van der Waals surface area contributed by atoms with Crippen LogP contribution in [-0.2, 0) is 9.59 Å². The van der Waals surface area contributed by atoms with Crippen LogP contribution >= 0.6 is 0 Å². The zero-order chi connectivity index (χ0) is 8.27. The van der Waals surface area contributed by atoms with Gasteiger partial charge < -0.3 is 15.2 Å². The molecule has 11 heavy (non-hydrogen) atoms. The molecule has 0 aliphatic carbocycles. The van der Waals surface area contributed by atoms with Gasteiger partial charge in [0.1, 0.15) is 0 Å². The smallest absolute Gasteiger partial charge is 0.220 e. The molecule has 1 rings (SSSR count). The van der Waals surface area contributed by atoms with Gasteiger partial charge in [0.25, 0.3) is 0 Å². The Morgan fingerprint density at radius 1 is 1.73 bits per heavy atom. The van der Waals surface area contributed by atoms with Crippen molar-refractivity contribution >= 4 is 11.9 Å². The molecule has 4 heteroatoms. The van der Waals surface area contributed by atoms with E-state index in [9.17, 15) is 14.7 Å². The minimum Gasteiger partial charge on any atom is -0.550 e. The molecule has 1 saturated heterocycles. The Morgan fingerprint density at radius 2 is 2.45 bits per heavy atom. The lowest BCUT2D eigenvalue weighted by molar-refractivity contribution is -0.305. The normalized spacial score (nSPS) is 23.3. The van der Waals surface area contributed by atoms with Crippen LogP contribution in [-0.4, -0.2) is 17.9 Å². The summed E-state index contributed by atoms with van der Waals surface area (Å²) < 4.78 is 0. The number of hydrogen-bond donors (Lipinski definition) is 1. The summed E-state index contributed by atoms with van der Waals surface area (Å²) in [4.78, 5) is 20.6. The van der Waals surface area contributed by atoms with Crippen LogP contribution in [0.2, 0.25) is 0 Å². The number of rotatable bonds is 3. The predicted octanol–water partition coefficient (Wildman–Crippen LogP) is -1.20. The summed E-state index contributed by atoms with van der Waals surface area (Å²) in [6, 6.07) is 0.0559. The maximum Gasteiger partial charge on any atom is 0.220 e. The molecule has 0 aromatic carbocycles. The second-order valence-electron chi connectivity index (χ2n) is 2.71. The zero-order valence-corrected chi connectivity index (χ0v) is 6.13. The van der Waals surface area contributed by atoms with Gasteiger partial charge in [0.2, 0.25) is 5.91 Å². The van der Waals surface area contributed by atoms with E-state index in [0.29, 0.717) is 12.8 Å². The maximum atomic E-state index is 10.6. The van der Waals surface area contributed by atoms with Crippen molar-refractivity contribution in [2.45, 2.75) is 31.7 Å². The van der Waals surface area contributed by atoms with Crippen molar-refractivity contribution in [2.24, 2.45) is 0 Å². The van der Waals surface area contributed by atoms with Gasteiger partial charge in [-0.1, -0.05) is 0 Å². The van der Waals surface area contributed by atoms with Gasteiger partial charge in [0.05, 0.1) is 0 Å². The van der Waals surface area contributed by atoms with E-state index in [1.807, 2.05) is 0 Å². The highest BCUT2D eigenvalue weighted by atomic mass is 16.4. The number of carbonyl (C=O) groups excluding carboxylic acids is 2. The molecule has 0 aromatic heterocycles. The van der Waals surface area contributed by atoms with Gasteiger partial charge in [-0.3, -0.25) is 4.79 Å². The maximum absolute atomic E-state index is 10.6. The van der Waals surface area contributed by atoms with Gasteiger partial charge in [-0.25, -0.2) is 0 Å². The van der Waals surface area contributed by atoms with Crippen molar-refractivity contribution < 1.29 is 14.7 Å². The summed E-state index contributed by atoms with van der Waals surface area (Å²) >= 11 is 0. The third kappa shape index (κ3) is 2.57. The molecule has 1 heterocycles. The average molecular weight is 156 g/mol. The first kappa shape index (κ1) is 8.04. The van der Waals surface area contributed by atoms with Crippen molar-refractivity contribution in [1.82, 2.24) is 5.32 Å². The number of nitrogens with one attached hydrogen (secondary N) is 1. The highest BCUT2D eigenvalue weighted by Gasteiger charge is 2.19. The number of carboxylic acid groups (broad SMARTS) is 1. The van der Waals surface area contributed by atoms with E-state index < -0.39 is 5.97 Å². The van der Waals surface area contributed by atoms with Gasteiger partial charge in [-0.15, -0.1) is 0 Å². The van der Waals surface area contributed by atoms with Crippen LogP contribution in [0.4, 0.5) is 0 Å². The van der Waals surface area contributed by atoms with E-state index in [4.69, 9.17) is 0 Å². The fraction of sp³-hybridized carbons (Fsp3) is 0.714. The highest BCUT2D eigenvalue weighted by molar-refractivity contribution is 5.78. The minimum absolute atomic E-state index is 0.0216. The minimum atomic E-state index is -1.05. The van der Waals surface area contributed by atoms with Gasteiger partial charge in [0, 0.05) is 18.4 Å². The van der Waals surface area contributed by atoms with Crippen molar-refractivity contribution in [3.05, 3.63) is 0 Å². The SMILES string of the molecule is O=C([O-])CCC1CCC(=O)N1. The fourth-order valence-electron chi connectivity index (χ4n) is 1.19. The number of carbonyl (C=O) groups is 2. The molecule has 1 unspecified atom stereocenters. The van der Waals surface area contributed by atoms with Crippen molar-refractivity contribution in [3.63, 3.8) is 0 Å². The third-order valence-corrected chi connectivity index (χ3v) is 1.78. The monoisotopic (exact) mass is 156 g/mol. The Labute approximate surface area is 64.6 Å². The first-order valence-corrected chi connectivity index (χ1v) is 3.67. The van der Waals surface area contributed by atoms with E-state index in [2.05, 4.69) is 5.32 Å². The standard InChI is InChI=1S/C7H11NO3/c9-6-3-1-5(8-6)2-4-7(10)11/h5H,1-4H2,(H,8,9)(H,10,11)/p-1. The lowest BCUT2D eigenvalue weighted by Gasteiger charge is -2.08. The molecule has 1 atom stereocenters. The third-order valence-electron chi connectivity index (χ3n) is 1.78. The Hall–Kier alpha value is -1.06. The molecule has 4 nitrogen and oxygen atoms in total. The molecule has 0 bridgehead atoms. The van der Waals surface area contributed by atoms with Gasteiger partial charge in [-0.05, 0) is 19.3 Å². The number of aliphatic carboxylic acids is 1. The Kier molecular flexibility index (Phi) is 2.46. The first-order chi connectivity index (χ1) is 5.18. The Morgan fingerprint density at radius 3 is 2.91 bits per heavy atom. The molecule has 1 fully saturated rings. The van der Waals surface area contributed by atoms with E-state index in [0.717, 1.165) is 6.42 Å². The molecule has 1 amide bonds. The quantitative estimate of drug-likeness (QED) is 0.557. The van der Waals surface area contributed by atoms with E-state index in [1.165, 1.54) is 0 Å². The van der Waals surface area contributed by atoms with Crippen LogP contribution in [0.25, 0.3) is 0 Å². The molecule has 62 valence electrons. The van der Waals surface area contributed by atoms with Crippen LogP contribution in [0.5, 0.6) is 0 Å². The van der Waals surface area contributed by atoms with Crippen LogP contribution < -0.4 is 10.4 Å². The Balaban J connectivity index is 2.18. The second kappa shape index (κ2) is 3.37. The molecule has 1 aliphatic rings. The van der Waals surface area contributed by atoms with Crippen LogP contribution in [0, 0.1) is 0 Å². The van der Waals surface area contributed by atoms with E-state index >= 15 is 0 Å². The second-order valence-corrected chi connectivity index (χ2v) is 2.71. The first-order valence-electron chi connectivity index (χ1n) is 3.67. The van der Waals surface area contributed by atoms with Crippen molar-refractivity contribution in [1.29, 1.82) is 0 Å². The van der Waals surface area contributed by atoms with Crippen LogP contribution in [0.15, 0.2) is 0 Å². The number of amides is 1. The molecule has 1 N–H and O–H groups in total. The summed E-state index contributed by atoms with van der Waals surface area (Å²) in [5, 5.41) is 12.7. The zero-order valence-electron chi connectivity index (χ0n) is 6.13. The summed E-state index contributed by atoms with van der Waals surface area (Å²) in [6.07, 6.45) is 1.81. The highest BCUT2D eigenvalue weighted by Crippen LogP contribution is 2.10. The summed E-state index contributed by atoms with van der Waals surface area (Å²) in [7, 11) is 0. The van der Waals surface area contributed by atoms with Crippen molar-refractivity contribution in [3.8, 4) is 0 Å². The lowest BCUT2D eigenvalue weighted by Crippen LogP contribution is -2.29. The van der Waals surface area contributed by atoms with Gasteiger partial charge in [-0.2, -0.15) is 0 Å². The summed E-state index contributed by atoms with van der Waals surface area (Å²) in [5.41, 5.74) is 0. The molecule has 0 radical (unpaired) electrons. The fourth-order valence-corrected chi connectivity index (χ4v) is 1.19. The summed E-state index contributed by atoms with van der Waals surface area (Å²) in [6.45, 7) is 0. The number of carboxylic acids is 1. The Bertz CT molecular complexity index is 179. The molecule has 0 aromatic rings. The molecule has 0 saturated carbocycles. The van der Waals surface area contributed by atoms with Gasteiger partial charge >= 0.3 is 0 Å². The molecular weight excluding hydrogens is 146 g/mol.